The Balaban J connectivity index is 2.63. The topological polar surface area (TPSA) is 136 Å². The Morgan fingerprint density at radius 2 is 2.00 bits per heavy atom. The van der Waals surface area contributed by atoms with Gasteiger partial charge in [-0.15, -0.1) is 0 Å². The molecular weight excluding hydrogens is 232 g/mol. The van der Waals surface area contributed by atoms with Crippen LogP contribution < -0.4 is 21.7 Å². The second kappa shape index (κ2) is 5.05. The van der Waals surface area contributed by atoms with Crippen LogP contribution in [0.4, 0.5) is 11.6 Å². The van der Waals surface area contributed by atoms with Crippen LogP contribution in [0.3, 0.4) is 0 Å². The summed E-state index contributed by atoms with van der Waals surface area (Å²) < 4.78 is 21.4. The zero-order chi connectivity index (χ0) is 12.2. The molecule has 0 aliphatic carbocycles. The van der Waals surface area contributed by atoms with Crippen molar-refractivity contribution < 1.29 is 8.42 Å². The van der Waals surface area contributed by atoms with E-state index in [4.69, 9.17) is 11.0 Å². The highest BCUT2D eigenvalue weighted by atomic mass is 32.2. The number of rotatable bonds is 5. The van der Waals surface area contributed by atoms with Crippen molar-refractivity contribution in [3.05, 3.63) is 11.9 Å². The molecule has 0 amide bonds. The number of nitrogens with zero attached hydrogens (tertiary/aromatic N) is 2. The number of hydrogen-bond acceptors (Lipinski definition) is 7. The van der Waals surface area contributed by atoms with E-state index in [0.29, 0.717) is 17.5 Å². The summed E-state index contributed by atoms with van der Waals surface area (Å²) in [6, 6.07) is 1.57. The molecule has 0 saturated heterocycles. The monoisotopic (exact) mass is 246 g/mol. The first-order valence-corrected chi connectivity index (χ1v) is 6.19. The van der Waals surface area contributed by atoms with Crippen molar-refractivity contribution in [1.29, 1.82) is 0 Å². The Hall–Kier alpha value is -1.45. The van der Waals surface area contributed by atoms with Gasteiger partial charge in [0.1, 0.15) is 17.5 Å². The van der Waals surface area contributed by atoms with Gasteiger partial charge in [0, 0.05) is 12.6 Å². The van der Waals surface area contributed by atoms with Gasteiger partial charge in [0.2, 0.25) is 10.0 Å². The third kappa shape index (κ3) is 4.38. The SMILES string of the molecule is Cc1nc(NN)cc(NCCS(N)(=O)=O)n1. The fourth-order valence-electron chi connectivity index (χ4n) is 1.05. The molecule has 0 bridgehead atoms. The molecular formula is C7H14N6O2S. The van der Waals surface area contributed by atoms with E-state index in [1.807, 2.05) is 0 Å². The summed E-state index contributed by atoms with van der Waals surface area (Å²) in [6.45, 7) is 1.88. The van der Waals surface area contributed by atoms with Crippen molar-refractivity contribution >= 4 is 21.7 Å². The van der Waals surface area contributed by atoms with E-state index in [9.17, 15) is 8.42 Å². The van der Waals surface area contributed by atoms with E-state index < -0.39 is 10.0 Å². The number of nitrogens with two attached hydrogens (primary N) is 2. The molecule has 1 heterocycles. The summed E-state index contributed by atoms with van der Waals surface area (Å²) in [5.74, 6) is 6.50. The van der Waals surface area contributed by atoms with Crippen molar-refractivity contribution in [3.8, 4) is 0 Å². The van der Waals surface area contributed by atoms with Gasteiger partial charge in [-0.05, 0) is 6.92 Å². The summed E-state index contributed by atoms with van der Waals surface area (Å²) >= 11 is 0. The average molecular weight is 246 g/mol. The molecule has 0 spiro atoms. The second-order valence-electron chi connectivity index (χ2n) is 3.12. The van der Waals surface area contributed by atoms with Gasteiger partial charge >= 0.3 is 0 Å². The minimum Gasteiger partial charge on any atom is -0.369 e. The molecule has 0 radical (unpaired) electrons. The van der Waals surface area contributed by atoms with Crippen molar-refractivity contribution in [3.63, 3.8) is 0 Å². The third-order valence-electron chi connectivity index (χ3n) is 1.68. The zero-order valence-electron chi connectivity index (χ0n) is 8.77. The summed E-state index contributed by atoms with van der Waals surface area (Å²) in [5, 5.41) is 7.66. The lowest BCUT2D eigenvalue weighted by molar-refractivity contribution is 0.598. The zero-order valence-corrected chi connectivity index (χ0v) is 9.58. The van der Waals surface area contributed by atoms with Crippen LogP contribution in [-0.4, -0.2) is 30.7 Å². The maximum atomic E-state index is 10.7. The number of sulfonamides is 1. The Morgan fingerprint density at radius 1 is 1.38 bits per heavy atom. The number of hydrogen-bond donors (Lipinski definition) is 4. The van der Waals surface area contributed by atoms with Crippen LogP contribution in [0.25, 0.3) is 0 Å². The van der Waals surface area contributed by atoms with E-state index in [2.05, 4.69) is 20.7 Å². The molecule has 0 saturated carbocycles. The lowest BCUT2D eigenvalue weighted by atomic mass is 10.5. The molecule has 1 rings (SSSR count). The molecule has 0 aromatic carbocycles. The van der Waals surface area contributed by atoms with E-state index in [1.54, 1.807) is 13.0 Å². The highest BCUT2D eigenvalue weighted by molar-refractivity contribution is 7.89. The number of hydrazine groups is 1. The van der Waals surface area contributed by atoms with Gasteiger partial charge in [0.25, 0.3) is 0 Å². The molecule has 9 heteroatoms. The highest BCUT2D eigenvalue weighted by Gasteiger charge is 2.04. The highest BCUT2D eigenvalue weighted by Crippen LogP contribution is 2.09. The standard InChI is InChI=1S/C7H14N6O2S/c1-5-11-6(4-7(12-5)13-8)10-2-3-16(9,14)15/h4H,2-3,8H2,1H3,(H2,9,14,15)(H2,10,11,12,13). The normalized spacial score (nSPS) is 11.2. The largest absolute Gasteiger partial charge is 0.369 e. The summed E-state index contributed by atoms with van der Waals surface area (Å²) in [6.07, 6.45) is 0. The van der Waals surface area contributed by atoms with Crippen LogP contribution in [0.5, 0.6) is 0 Å². The molecule has 1 aromatic rings. The van der Waals surface area contributed by atoms with Gasteiger partial charge in [-0.2, -0.15) is 0 Å². The lowest BCUT2D eigenvalue weighted by Gasteiger charge is -2.07. The maximum absolute atomic E-state index is 10.7. The van der Waals surface area contributed by atoms with E-state index >= 15 is 0 Å². The van der Waals surface area contributed by atoms with Crippen LogP contribution >= 0.6 is 0 Å². The van der Waals surface area contributed by atoms with Gasteiger partial charge in [-0.25, -0.2) is 29.4 Å². The third-order valence-corrected chi connectivity index (χ3v) is 2.45. The van der Waals surface area contributed by atoms with Crippen LogP contribution in [0, 0.1) is 6.92 Å². The van der Waals surface area contributed by atoms with Gasteiger partial charge < -0.3 is 10.7 Å². The number of anilines is 2. The molecule has 90 valence electrons. The Labute approximate surface area is 93.5 Å². The minimum atomic E-state index is -3.47. The van der Waals surface area contributed by atoms with Crippen molar-refractivity contribution in [2.24, 2.45) is 11.0 Å². The Bertz CT molecular complexity index is 460. The lowest BCUT2D eigenvalue weighted by Crippen LogP contribution is -2.22. The maximum Gasteiger partial charge on any atom is 0.210 e. The van der Waals surface area contributed by atoms with Crippen LogP contribution in [0.1, 0.15) is 5.82 Å². The molecule has 0 aliphatic rings. The second-order valence-corrected chi connectivity index (χ2v) is 4.86. The first-order valence-electron chi connectivity index (χ1n) is 4.47. The number of nitrogens with one attached hydrogen (secondary N) is 2. The summed E-state index contributed by atoms with van der Waals surface area (Å²) in [7, 11) is -3.47. The molecule has 0 atom stereocenters. The fourth-order valence-corrected chi connectivity index (χ4v) is 1.44. The number of aromatic nitrogens is 2. The first-order chi connectivity index (χ1) is 7.40. The quantitative estimate of drug-likeness (QED) is 0.377. The molecule has 0 unspecified atom stereocenters. The molecule has 8 nitrogen and oxygen atoms in total. The van der Waals surface area contributed by atoms with Crippen molar-refractivity contribution in [2.75, 3.05) is 23.0 Å². The molecule has 6 N–H and O–H groups in total. The average Bonchev–Trinajstić information content (AvgIpc) is 2.14. The summed E-state index contributed by atoms with van der Waals surface area (Å²) in [5.41, 5.74) is 2.38. The van der Waals surface area contributed by atoms with Gasteiger partial charge in [0.15, 0.2) is 0 Å². The van der Waals surface area contributed by atoms with Crippen LogP contribution in [0.15, 0.2) is 6.07 Å². The predicted octanol–water partition coefficient (Wildman–Crippen LogP) is -1.23. The van der Waals surface area contributed by atoms with Gasteiger partial charge in [0.05, 0.1) is 5.75 Å². The smallest absolute Gasteiger partial charge is 0.210 e. The van der Waals surface area contributed by atoms with Crippen molar-refractivity contribution in [2.45, 2.75) is 6.92 Å². The number of primary sulfonamides is 1. The number of nitrogen functional groups attached to an aromatic ring is 1. The van der Waals surface area contributed by atoms with Crippen molar-refractivity contribution in [1.82, 2.24) is 9.97 Å². The van der Waals surface area contributed by atoms with Gasteiger partial charge in [-0.3, -0.25) is 0 Å². The minimum absolute atomic E-state index is 0.165. The van der Waals surface area contributed by atoms with Crippen LogP contribution in [0.2, 0.25) is 0 Å². The molecule has 16 heavy (non-hydrogen) atoms. The van der Waals surface area contributed by atoms with Crippen LogP contribution in [-0.2, 0) is 10.0 Å². The molecule has 0 fully saturated rings. The number of aryl methyl sites for hydroxylation is 1. The Morgan fingerprint density at radius 3 is 2.56 bits per heavy atom. The summed E-state index contributed by atoms with van der Waals surface area (Å²) in [4.78, 5) is 8.03. The van der Waals surface area contributed by atoms with Gasteiger partial charge in [-0.1, -0.05) is 0 Å². The first kappa shape index (κ1) is 12.6. The molecule has 0 aliphatic heterocycles. The van der Waals surface area contributed by atoms with E-state index in [0.717, 1.165) is 0 Å². The fraction of sp³-hybridized carbons (Fsp3) is 0.429. The predicted molar refractivity (Wildman–Crippen MR) is 61.0 cm³/mol. The van der Waals surface area contributed by atoms with E-state index in [-0.39, 0.29) is 12.3 Å². The Kier molecular flexibility index (Phi) is 3.99. The van der Waals surface area contributed by atoms with E-state index in [1.165, 1.54) is 0 Å². The molecule has 1 aromatic heterocycles.